The van der Waals surface area contributed by atoms with Crippen molar-refractivity contribution >= 4 is 40.3 Å². The summed E-state index contributed by atoms with van der Waals surface area (Å²) in [5.41, 5.74) is 2.34. The van der Waals surface area contributed by atoms with Gasteiger partial charge in [0.05, 0.1) is 11.6 Å². The van der Waals surface area contributed by atoms with E-state index < -0.39 is 0 Å². The van der Waals surface area contributed by atoms with Crippen LogP contribution in [0.3, 0.4) is 0 Å². The third kappa shape index (κ3) is 4.17. The van der Waals surface area contributed by atoms with Crippen LogP contribution < -0.4 is 11.0 Å². The smallest absolute Gasteiger partial charge is 0.330 e. The Morgan fingerprint density at radius 3 is 2.69 bits per heavy atom. The van der Waals surface area contributed by atoms with E-state index in [0.29, 0.717) is 27.8 Å². The van der Waals surface area contributed by atoms with Crippen LogP contribution >= 0.6 is 23.2 Å². The number of halogens is 2. The normalized spacial score (nSPS) is 16.4. The zero-order chi connectivity index (χ0) is 20.5. The Morgan fingerprint density at radius 2 is 2.00 bits per heavy atom. The molecular formula is C20H20Cl2N4O3. The summed E-state index contributed by atoms with van der Waals surface area (Å²) >= 11 is 12.2. The van der Waals surface area contributed by atoms with Gasteiger partial charge in [0.2, 0.25) is 5.91 Å². The summed E-state index contributed by atoms with van der Waals surface area (Å²) in [5, 5.41) is 3.87. The molecule has 0 aliphatic carbocycles. The number of carbonyl (C=O) groups is 1. The molecule has 3 aromatic rings. The maximum Gasteiger partial charge on any atom is 0.330 e. The SMILES string of the molecule is Cn1c(=O)n(CC(=O)NC[C@@H]2CCCO2)c2ncc(-c3cc(Cl)cc(Cl)c3)cc21. The van der Waals surface area contributed by atoms with Gasteiger partial charge >= 0.3 is 5.69 Å². The number of carbonyl (C=O) groups excluding carboxylic acids is 1. The minimum Gasteiger partial charge on any atom is -0.376 e. The highest BCUT2D eigenvalue weighted by Gasteiger charge is 2.19. The summed E-state index contributed by atoms with van der Waals surface area (Å²) in [6, 6.07) is 7.06. The number of rotatable bonds is 5. The van der Waals surface area contributed by atoms with Crippen LogP contribution in [-0.4, -0.2) is 39.3 Å². The minimum absolute atomic E-state index is 0.0494. The lowest BCUT2D eigenvalue weighted by atomic mass is 10.1. The molecule has 1 atom stereocenters. The molecule has 152 valence electrons. The summed E-state index contributed by atoms with van der Waals surface area (Å²) in [6.07, 6.45) is 3.64. The fourth-order valence-corrected chi connectivity index (χ4v) is 4.05. The first-order valence-corrected chi connectivity index (χ1v) is 10.1. The molecule has 1 aromatic carbocycles. The molecule has 7 nitrogen and oxygen atoms in total. The zero-order valence-corrected chi connectivity index (χ0v) is 17.3. The second kappa shape index (κ2) is 8.18. The predicted octanol–water partition coefficient (Wildman–Crippen LogP) is 3.00. The number of benzene rings is 1. The first-order chi connectivity index (χ1) is 13.9. The molecular weight excluding hydrogens is 415 g/mol. The Bertz CT molecular complexity index is 1110. The molecule has 0 saturated carbocycles. The van der Waals surface area contributed by atoms with E-state index in [1.165, 1.54) is 9.13 Å². The van der Waals surface area contributed by atoms with E-state index in [2.05, 4.69) is 10.3 Å². The number of nitrogens with zero attached hydrogens (tertiary/aromatic N) is 3. The lowest BCUT2D eigenvalue weighted by Crippen LogP contribution is -2.36. The largest absolute Gasteiger partial charge is 0.376 e. The van der Waals surface area contributed by atoms with Gasteiger partial charge in [-0.2, -0.15) is 0 Å². The number of aromatic nitrogens is 3. The third-order valence-electron chi connectivity index (χ3n) is 5.03. The zero-order valence-electron chi connectivity index (χ0n) is 15.8. The Labute approximate surface area is 177 Å². The topological polar surface area (TPSA) is 78.2 Å². The standard InChI is InChI=1S/C20H20Cl2N4O3/c1-25-17-7-13(12-5-14(21)8-15(22)6-12)9-24-19(17)26(20(25)28)11-18(27)23-10-16-3-2-4-29-16/h5-9,16H,2-4,10-11H2,1H3,(H,23,27)/t16-/m0/s1. The van der Waals surface area contributed by atoms with Crippen LogP contribution in [0.15, 0.2) is 35.3 Å². The number of fused-ring (bicyclic) bond motifs is 1. The highest BCUT2D eigenvalue weighted by Crippen LogP contribution is 2.28. The van der Waals surface area contributed by atoms with E-state index in [-0.39, 0.29) is 24.2 Å². The second-order valence-corrected chi connectivity index (χ2v) is 7.96. The number of imidazole rings is 1. The van der Waals surface area contributed by atoms with Crippen molar-refractivity contribution in [1.82, 2.24) is 19.4 Å². The summed E-state index contributed by atoms with van der Waals surface area (Å²) < 4.78 is 8.35. The number of ether oxygens (including phenoxy) is 1. The number of aryl methyl sites for hydroxylation is 1. The van der Waals surface area contributed by atoms with Gasteiger partial charge in [0.25, 0.3) is 0 Å². The molecule has 1 saturated heterocycles. The number of amides is 1. The molecule has 4 rings (SSSR count). The van der Waals surface area contributed by atoms with Gasteiger partial charge in [-0.3, -0.25) is 13.9 Å². The van der Waals surface area contributed by atoms with Gasteiger partial charge in [-0.25, -0.2) is 9.78 Å². The molecule has 1 aliphatic rings. The highest BCUT2D eigenvalue weighted by molar-refractivity contribution is 6.35. The van der Waals surface area contributed by atoms with Crippen LogP contribution in [-0.2, 0) is 23.1 Å². The van der Waals surface area contributed by atoms with Gasteiger partial charge < -0.3 is 10.1 Å². The van der Waals surface area contributed by atoms with Gasteiger partial charge in [0.1, 0.15) is 6.54 Å². The van der Waals surface area contributed by atoms with Crippen molar-refractivity contribution in [1.29, 1.82) is 0 Å². The van der Waals surface area contributed by atoms with Gasteiger partial charge in [-0.05, 0) is 42.7 Å². The molecule has 29 heavy (non-hydrogen) atoms. The number of pyridine rings is 1. The number of hydrogen-bond acceptors (Lipinski definition) is 4. The molecule has 0 spiro atoms. The van der Waals surface area contributed by atoms with Gasteiger partial charge in [-0.15, -0.1) is 0 Å². The van der Waals surface area contributed by atoms with Crippen molar-refractivity contribution in [2.45, 2.75) is 25.5 Å². The van der Waals surface area contributed by atoms with Gasteiger partial charge in [0.15, 0.2) is 5.65 Å². The van der Waals surface area contributed by atoms with Crippen LogP contribution in [0.5, 0.6) is 0 Å². The fraction of sp³-hybridized carbons (Fsp3) is 0.350. The van der Waals surface area contributed by atoms with Gasteiger partial charge in [-0.1, -0.05) is 23.2 Å². The van der Waals surface area contributed by atoms with Crippen LogP contribution in [0.25, 0.3) is 22.3 Å². The van der Waals surface area contributed by atoms with Crippen molar-refractivity contribution in [2.75, 3.05) is 13.2 Å². The average molecular weight is 435 g/mol. The molecule has 2 aromatic heterocycles. The van der Waals surface area contributed by atoms with E-state index in [4.69, 9.17) is 27.9 Å². The average Bonchev–Trinajstić information content (AvgIpc) is 3.29. The van der Waals surface area contributed by atoms with Crippen LogP contribution in [0, 0.1) is 0 Å². The van der Waals surface area contributed by atoms with Crippen molar-refractivity contribution < 1.29 is 9.53 Å². The van der Waals surface area contributed by atoms with Crippen LogP contribution in [0.2, 0.25) is 10.0 Å². The Hall–Kier alpha value is -2.35. The lowest BCUT2D eigenvalue weighted by molar-refractivity contribution is -0.122. The maximum atomic E-state index is 12.7. The quantitative estimate of drug-likeness (QED) is 0.669. The molecule has 1 aliphatic heterocycles. The lowest BCUT2D eigenvalue weighted by Gasteiger charge is -2.11. The number of nitrogens with one attached hydrogen (secondary N) is 1. The van der Waals surface area contributed by atoms with E-state index in [0.717, 1.165) is 30.6 Å². The summed E-state index contributed by atoms with van der Waals surface area (Å²) in [5.74, 6) is -0.248. The van der Waals surface area contributed by atoms with Crippen LogP contribution in [0.1, 0.15) is 12.8 Å². The molecule has 1 amide bonds. The Morgan fingerprint density at radius 1 is 1.24 bits per heavy atom. The van der Waals surface area contributed by atoms with Gasteiger partial charge in [0, 0.05) is 42.0 Å². The van der Waals surface area contributed by atoms with Crippen molar-refractivity contribution in [2.24, 2.45) is 7.05 Å². The summed E-state index contributed by atoms with van der Waals surface area (Å²) in [6.45, 7) is 1.08. The van der Waals surface area contributed by atoms with E-state index in [1.807, 2.05) is 6.07 Å². The molecule has 0 radical (unpaired) electrons. The summed E-state index contributed by atoms with van der Waals surface area (Å²) in [4.78, 5) is 29.5. The van der Waals surface area contributed by atoms with E-state index in [9.17, 15) is 9.59 Å². The third-order valence-corrected chi connectivity index (χ3v) is 5.47. The first kappa shape index (κ1) is 19.9. The fourth-order valence-electron chi connectivity index (χ4n) is 3.53. The molecule has 0 unspecified atom stereocenters. The minimum atomic E-state index is -0.305. The second-order valence-electron chi connectivity index (χ2n) is 7.09. The van der Waals surface area contributed by atoms with E-state index >= 15 is 0 Å². The van der Waals surface area contributed by atoms with E-state index in [1.54, 1.807) is 31.4 Å². The monoisotopic (exact) mass is 434 g/mol. The van der Waals surface area contributed by atoms with Crippen molar-refractivity contribution in [3.8, 4) is 11.1 Å². The molecule has 3 heterocycles. The molecule has 9 heteroatoms. The highest BCUT2D eigenvalue weighted by atomic mass is 35.5. The molecule has 1 fully saturated rings. The summed E-state index contributed by atoms with van der Waals surface area (Å²) in [7, 11) is 1.65. The van der Waals surface area contributed by atoms with Crippen molar-refractivity contribution in [3.63, 3.8) is 0 Å². The molecule has 1 N–H and O–H groups in total. The maximum absolute atomic E-state index is 12.7. The number of hydrogen-bond donors (Lipinski definition) is 1. The Balaban J connectivity index is 1.61. The molecule has 0 bridgehead atoms. The predicted molar refractivity (Wildman–Crippen MR) is 112 cm³/mol. The Kier molecular flexibility index (Phi) is 5.63. The van der Waals surface area contributed by atoms with Crippen molar-refractivity contribution in [3.05, 3.63) is 51.0 Å². The van der Waals surface area contributed by atoms with Crippen LogP contribution in [0.4, 0.5) is 0 Å². The first-order valence-electron chi connectivity index (χ1n) is 9.32.